The minimum atomic E-state index is 0.597. The molecule has 0 saturated heterocycles. The highest BCUT2D eigenvalue weighted by atomic mass is 32.1. The Bertz CT molecular complexity index is 3470. The lowest BCUT2D eigenvalue weighted by Gasteiger charge is -2.12. The van der Waals surface area contributed by atoms with Gasteiger partial charge < -0.3 is 4.42 Å². The van der Waals surface area contributed by atoms with E-state index in [1.165, 1.54) is 57.0 Å². The van der Waals surface area contributed by atoms with Crippen molar-refractivity contribution >= 4 is 85.0 Å². The van der Waals surface area contributed by atoms with Crippen molar-refractivity contribution in [3.63, 3.8) is 0 Å². The Hall–Kier alpha value is -6.99. The molecule has 0 N–H and O–H groups in total. The lowest BCUT2D eigenvalue weighted by molar-refractivity contribution is 0.669. The van der Waals surface area contributed by atoms with Gasteiger partial charge in [-0.2, -0.15) is 0 Å². The quantitative estimate of drug-likeness (QED) is 0.175. The number of benzene rings is 8. The Balaban J connectivity index is 1.08. The number of thiophene rings is 2. The van der Waals surface area contributed by atoms with E-state index >= 15 is 0 Å². The van der Waals surface area contributed by atoms with Crippen LogP contribution in [-0.2, 0) is 0 Å². The molecule has 12 aromatic rings. The maximum Gasteiger partial charge on any atom is 0.164 e. The molecule has 4 aromatic heterocycles. The molecule has 0 saturated carbocycles. The van der Waals surface area contributed by atoms with Gasteiger partial charge >= 0.3 is 0 Å². The number of nitrogens with zero attached hydrogens (tertiary/aromatic N) is 3. The van der Waals surface area contributed by atoms with E-state index in [0.29, 0.717) is 17.5 Å². The van der Waals surface area contributed by atoms with Crippen LogP contribution in [0, 0.1) is 0 Å². The third-order valence-electron chi connectivity index (χ3n) is 10.9. The highest BCUT2D eigenvalue weighted by molar-refractivity contribution is 7.26. The average Bonchev–Trinajstić information content (AvgIpc) is 3.97. The minimum Gasteiger partial charge on any atom is -0.456 e. The lowest BCUT2D eigenvalue weighted by Crippen LogP contribution is -2.00. The van der Waals surface area contributed by atoms with Crippen LogP contribution in [0.5, 0.6) is 0 Å². The van der Waals surface area contributed by atoms with Crippen LogP contribution in [0.1, 0.15) is 0 Å². The van der Waals surface area contributed by atoms with Crippen LogP contribution in [0.3, 0.4) is 0 Å². The normalized spacial score (nSPS) is 11.9. The molecule has 0 atom stereocenters. The largest absolute Gasteiger partial charge is 0.456 e. The first-order chi connectivity index (χ1) is 28.2. The standard InChI is InChI=1S/C51H29N3OS2/c1-3-13-30(14-4-1)49-52-50(31-15-5-2-6-16-31)54-51(53-49)32-25-26-36-41(28-32)55-40-21-11-20-35(46(36)40)39-27-33(29-45-48(39)38-18-8-10-23-43(38)57-45)34-19-12-24-44-47(34)37-17-7-9-22-42(37)56-44/h1-29H. The van der Waals surface area contributed by atoms with Crippen LogP contribution >= 0.6 is 22.7 Å². The van der Waals surface area contributed by atoms with Crippen LogP contribution in [0.25, 0.3) is 119 Å². The van der Waals surface area contributed by atoms with Crippen molar-refractivity contribution in [2.45, 2.75) is 0 Å². The third kappa shape index (κ3) is 5.22. The SMILES string of the molecule is c1ccc(-c2nc(-c3ccccc3)nc(-c3ccc4c(c3)oc3cccc(-c5cc(-c6cccc7sc8ccccc8c67)cc6sc7ccccc7c56)c34)n2)cc1. The molecule has 8 aromatic carbocycles. The molecule has 0 aliphatic heterocycles. The minimum absolute atomic E-state index is 0.597. The number of fused-ring (bicyclic) bond motifs is 9. The van der Waals surface area contributed by atoms with Gasteiger partial charge in [-0.05, 0) is 70.8 Å². The van der Waals surface area contributed by atoms with E-state index in [1.807, 2.05) is 83.3 Å². The van der Waals surface area contributed by atoms with Crippen molar-refractivity contribution in [1.82, 2.24) is 15.0 Å². The number of aromatic nitrogens is 3. The average molecular weight is 764 g/mol. The van der Waals surface area contributed by atoms with Gasteiger partial charge in [-0.1, -0.05) is 127 Å². The van der Waals surface area contributed by atoms with Crippen LogP contribution in [0.4, 0.5) is 0 Å². The number of furan rings is 1. The van der Waals surface area contributed by atoms with Crippen LogP contribution < -0.4 is 0 Å². The Kier molecular flexibility index (Phi) is 7.24. The predicted octanol–water partition coefficient (Wildman–Crippen LogP) is 14.8. The summed E-state index contributed by atoms with van der Waals surface area (Å²) in [6, 6.07) is 62.0. The summed E-state index contributed by atoms with van der Waals surface area (Å²) in [6.07, 6.45) is 0. The first-order valence-electron chi connectivity index (χ1n) is 18.9. The molecule has 4 nitrogen and oxygen atoms in total. The fraction of sp³-hybridized carbons (Fsp3) is 0. The summed E-state index contributed by atoms with van der Waals surface area (Å²) < 4.78 is 11.9. The summed E-state index contributed by atoms with van der Waals surface area (Å²) in [5.74, 6) is 1.86. The topological polar surface area (TPSA) is 51.8 Å². The molecular formula is C51H29N3OS2. The number of hydrogen-bond donors (Lipinski definition) is 0. The van der Waals surface area contributed by atoms with Crippen molar-refractivity contribution in [3.05, 3.63) is 176 Å². The second-order valence-electron chi connectivity index (χ2n) is 14.3. The fourth-order valence-corrected chi connectivity index (χ4v) is 10.7. The summed E-state index contributed by atoms with van der Waals surface area (Å²) in [6.45, 7) is 0. The Morgan fingerprint density at radius 1 is 0.316 bits per heavy atom. The van der Waals surface area contributed by atoms with Crippen molar-refractivity contribution in [3.8, 4) is 56.4 Å². The van der Waals surface area contributed by atoms with Gasteiger partial charge in [0.2, 0.25) is 0 Å². The zero-order valence-corrected chi connectivity index (χ0v) is 31.9. The van der Waals surface area contributed by atoms with Gasteiger partial charge in [0.25, 0.3) is 0 Å². The number of hydrogen-bond acceptors (Lipinski definition) is 6. The van der Waals surface area contributed by atoms with E-state index in [2.05, 4.69) is 115 Å². The van der Waals surface area contributed by atoms with Gasteiger partial charge in [0, 0.05) is 67.8 Å². The molecule has 0 spiro atoms. The Morgan fingerprint density at radius 3 is 1.58 bits per heavy atom. The monoisotopic (exact) mass is 763 g/mol. The van der Waals surface area contributed by atoms with E-state index < -0.39 is 0 Å². The van der Waals surface area contributed by atoms with Crippen molar-refractivity contribution in [2.24, 2.45) is 0 Å². The first-order valence-corrected chi connectivity index (χ1v) is 20.6. The molecule has 6 heteroatoms. The fourth-order valence-electron chi connectivity index (χ4n) is 8.36. The van der Waals surface area contributed by atoms with Crippen molar-refractivity contribution in [1.29, 1.82) is 0 Å². The van der Waals surface area contributed by atoms with E-state index in [-0.39, 0.29) is 0 Å². The maximum absolute atomic E-state index is 6.73. The lowest BCUT2D eigenvalue weighted by atomic mass is 9.91. The zero-order chi connectivity index (χ0) is 37.5. The van der Waals surface area contributed by atoms with Gasteiger partial charge in [0.1, 0.15) is 11.2 Å². The highest BCUT2D eigenvalue weighted by Crippen LogP contribution is 2.48. The van der Waals surface area contributed by atoms with E-state index in [4.69, 9.17) is 19.4 Å². The van der Waals surface area contributed by atoms with E-state index in [1.54, 1.807) is 0 Å². The molecule has 0 aliphatic carbocycles. The molecule has 0 unspecified atom stereocenters. The summed E-state index contributed by atoms with van der Waals surface area (Å²) in [5.41, 5.74) is 9.18. The zero-order valence-electron chi connectivity index (χ0n) is 30.3. The molecule has 0 bridgehead atoms. The number of rotatable bonds is 5. The van der Waals surface area contributed by atoms with Gasteiger partial charge in [-0.25, -0.2) is 15.0 Å². The van der Waals surface area contributed by atoms with Gasteiger partial charge in [0.05, 0.1) is 0 Å². The van der Waals surface area contributed by atoms with Gasteiger partial charge in [-0.3, -0.25) is 0 Å². The second-order valence-corrected chi connectivity index (χ2v) is 16.5. The molecule has 266 valence electrons. The molecule has 4 heterocycles. The highest BCUT2D eigenvalue weighted by Gasteiger charge is 2.21. The van der Waals surface area contributed by atoms with Gasteiger partial charge in [0.15, 0.2) is 17.5 Å². The Morgan fingerprint density at radius 2 is 0.877 bits per heavy atom. The second kappa shape index (κ2) is 12.8. The Labute approximate surface area is 335 Å². The van der Waals surface area contributed by atoms with Crippen LogP contribution in [0.2, 0.25) is 0 Å². The van der Waals surface area contributed by atoms with Crippen molar-refractivity contribution < 1.29 is 4.42 Å². The summed E-state index contributed by atoms with van der Waals surface area (Å²) >= 11 is 3.72. The molecule has 0 amide bonds. The summed E-state index contributed by atoms with van der Waals surface area (Å²) in [5, 5.41) is 7.30. The predicted molar refractivity (Wildman–Crippen MR) is 240 cm³/mol. The molecule has 0 aliphatic rings. The first kappa shape index (κ1) is 32.3. The molecule has 0 radical (unpaired) electrons. The molecule has 0 fully saturated rings. The van der Waals surface area contributed by atoms with Crippen molar-refractivity contribution in [2.75, 3.05) is 0 Å². The molecule has 57 heavy (non-hydrogen) atoms. The molecular weight excluding hydrogens is 735 g/mol. The van der Waals surface area contributed by atoms with E-state index in [0.717, 1.165) is 44.2 Å². The van der Waals surface area contributed by atoms with E-state index in [9.17, 15) is 0 Å². The third-order valence-corrected chi connectivity index (χ3v) is 13.2. The smallest absolute Gasteiger partial charge is 0.164 e. The molecule has 12 rings (SSSR count). The summed E-state index contributed by atoms with van der Waals surface area (Å²) in [4.78, 5) is 14.9. The van der Waals surface area contributed by atoms with Gasteiger partial charge in [-0.15, -0.1) is 22.7 Å². The van der Waals surface area contributed by atoms with Crippen LogP contribution in [-0.4, -0.2) is 15.0 Å². The summed E-state index contributed by atoms with van der Waals surface area (Å²) in [7, 11) is 0. The van der Waals surface area contributed by atoms with Crippen LogP contribution in [0.15, 0.2) is 180 Å². The maximum atomic E-state index is 6.73.